The number of anilines is 1. The number of hydrazone groups is 1. The summed E-state index contributed by atoms with van der Waals surface area (Å²) in [5, 5.41) is 7.71. The molecule has 9 heteroatoms. The highest BCUT2D eigenvalue weighted by atomic mass is 35.5. The van der Waals surface area contributed by atoms with Gasteiger partial charge >= 0.3 is 0 Å². The molecule has 7 nitrogen and oxygen atoms in total. The van der Waals surface area contributed by atoms with Gasteiger partial charge in [0.15, 0.2) is 11.5 Å². The Morgan fingerprint density at radius 2 is 1.77 bits per heavy atom. The number of benzene rings is 3. The van der Waals surface area contributed by atoms with E-state index in [1.807, 2.05) is 32.0 Å². The van der Waals surface area contributed by atoms with E-state index in [1.54, 1.807) is 42.5 Å². The quantitative estimate of drug-likeness (QED) is 0.205. The average Bonchev–Trinajstić information content (AvgIpc) is 2.81. The number of ether oxygens (including phenoxy) is 2. The summed E-state index contributed by atoms with van der Waals surface area (Å²) in [4.78, 5) is 24.2. The van der Waals surface area contributed by atoms with Crippen molar-refractivity contribution in [2.45, 2.75) is 26.9 Å². The summed E-state index contributed by atoms with van der Waals surface area (Å²) in [5.74, 6) is 0.0995. The third-order valence-corrected chi connectivity index (χ3v) is 5.40. The number of hydrogen-bond acceptors (Lipinski definition) is 5. The first kappa shape index (κ1) is 26.1. The lowest BCUT2D eigenvalue weighted by atomic mass is 10.2. The van der Waals surface area contributed by atoms with Gasteiger partial charge in [0.2, 0.25) is 11.8 Å². The molecular formula is C26H25Cl2N3O4. The molecule has 0 fully saturated rings. The number of carbonyl (C=O) groups is 2. The summed E-state index contributed by atoms with van der Waals surface area (Å²) in [6.07, 6.45) is 1.11. The maximum absolute atomic E-state index is 12.1. The van der Waals surface area contributed by atoms with Crippen LogP contribution in [0.4, 0.5) is 5.69 Å². The van der Waals surface area contributed by atoms with Gasteiger partial charge in [0.1, 0.15) is 13.0 Å². The standard InChI is InChI=1S/C26H25Cl2N3O4/c1-3-34-24-12-18(8-11-23(24)35-16-19-9-10-20(27)13-21(19)28)15-29-31-26(33)14-25(32)30-22-7-5-4-6-17(22)2/h4-13,15H,3,14,16H2,1-2H3,(H,30,32)(H,31,33). The normalized spacial score (nSPS) is 10.7. The van der Waals surface area contributed by atoms with Gasteiger partial charge in [-0.1, -0.05) is 47.5 Å². The molecule has 2 amide bonds. The number of rotatable bonds is 10. The third-order valence-electron chi connectivity index (χ3n) is 4.81. The van der Waals surface area contributed by atoms with Crippen molar-refractivity contribution in [2.24, 2.45) is 5.10 Å². The molecule has 0 aliphatic carbocycles. The van der Waals surface area contributed by atoms with E-state index in [0.29, 0.717) is 39.4 Å². The highest BCUT2D eigenvalue weighted by Crippen LogP contribution is 2.30. The van der Waals surface area contributed by atoms with Crippen molar-refractivity contribution in [3.8, 4) is 11.5 Å². The van der Waals surface area contributed by atoms with Crippen LogP contribution in [0.25, 0.3) is 0 Å². The summed E-state index contributed by atoms with van der Waals surface area (Å²) >= 11 is 12.1. The third kappa shape index (κ3) is 8.02. The smallest absolute Gasteiger partial charge is 0.249 e. The van der Waals surface area contributed by atoms with Crippen molar-refractivity contribution in [1.82, 2.24) is 5.43 Å². The molecule has 0 bridgehead atoms. The maximum Gasteiger partial charge on any atom is 0.249 e. The van der Waals surface area contributed by atoms with E-state index in [4.69, 9.17) is 32.7 Å². The molecule has 0 saturated heterocycles. The average molecular weight is 514 g/mol. The Balaban J connectivity index is 1.56. The van der Waals surface area contributed by atoms with Crippen LogP contribution in [0, 0.1) is 6.92 Å². The fraction of sp³-hybridized carbons (Fsp3) is 0.192. The van der Waals surface area contributed by atoms with Gasteiger partial charge in [-0.25, -0.2) is 5.43 Å². The Morgan fingerprint density at radius 3 is 2.51 bits per heavy atom. The highest BCUT2D eigenvalue weighted by molar-refractivity contribution is 6.35. The van der Waals surface area contributed by atoms with Gasteiger partial charge in [0, 0.05) is 21.3 Å². The van der Waals surface area contributed by atoms with Gasteiger partial charge in [0.25, 0.3) is 0 Å². The van der Waals surface area contributed by atoms with Crippen molar-refractivity contribution < 1.29 is 19.1 Å². The van der Waals surface area contributed by atoms with Crippen LogP contribution in [0.3, 0.4) is 0 Å². The van der Waals surface area contributed by atoms with Gasteiger partial charge in [-0.2, -0.15) is 5.10 Å². The summed E-state index contributed by atoms with van der Waals surface area (Å²) in [6, 6.07) is 17.8. The second-order valence-electron chi connectivity index (χ2n) is 7.50. The lowest BCUT2D eigenvalue weighted by Crippen LogP contribution is -2.24. The molecule has 0 aromatic heterocycles. The first-order chi connectivity index (χ1) is 16.9. The molecule has 0 aliphatic rings. The van der Waals surface area contributed by atoms with E-state index in [1.165, 1.54) is 6.21 Å². The molecule has 0 aliphatic heterocycles. The number of carbonyl (C=O) groups excluding carboxylic acids is 2. The molecule has 2 N–H and O–H groups in total. The van der Waals surface area contributed by atoms with E-state index >= 15 is 0 Å². The first-order valence-electron chi connectivity index (χ1n) is 10.9. The second-order valence-corrected chi connectivity index (χ2v) is 8.34. The summed E-state index contributed by atoms with van der Waals surface area (Å²) in [6.45, 7) is 4.41. The number of para-hydroxylation sites is 1. The predicted molar refractivity (Wildman–Crippen MR) is 139 cm³/mol. The second kappa shape index (κ2) is 12.8. The zero-order valence-electron chi connectivity index (χ0n) is 19.3. The van der Waals surface area contributed by atoms with Crippen LogP contribution >= 0.6 is 23.2 Å². The molecule has 0 saturated carbocycles. The van der Waals surface area contributed by atoms with Crippen LogP contribution < -0.4 is 20.2 Å². The molecule has 3 aromatic carbocycles. The number of halogens is 2. The van der Waals surface area contributed by atoms with E-state index in [2.05, 4.69) is 15.8 Å². The monoisotopic (exact) mass is 513 g/mol. The Morgan fingerprint density at radius 1 is 0.971 bits per heavy atom. The molecule has 182 valence electrons. The molecule has 3 aromatic rings. The van der Waals surface area contributed by atoms with E-state index in [9.17, 15) is 9.59 Å². The minimum absolute atomic E-state index is 0.240. The molecule has 35 heavy (non-hydrogen) atoms. The van der Waals surface area contributed by atoms with E-state index < -0.39 is 11.8 Å². The van der Waals surface area contributed by atoms with Gasteiger partial charge in [0.05, 0.1) is 12.8 Å². The SMILES string of the molecule is CCOc1cc(C=NNC(=O)CC(=O)Nc2ccccc2C)ccc1OCc1ccc(Cl)cc1Cl. The number of nitrogens with zero attached hydrogens (tertiary/aromatic N) is 1. The van der Waals surface area contributed by atoms with Crippen molar-refractivity contribution in [2.75, 3.05) is 11.9 Å². The number of amides is 2. The Bertz CT molecular complexity index is 1230. The van der Waals surface area contributed by atoms with Gasteiger partial charge in [-0.05, 0) is 61.4 Å². The highest BCUT2D eigenvalue weighted by Gasteiger charge is 2.11. The fourth-order valence-corrected chi connectivity index (χ4v) is 3.52. The molecule has 0 spiro atoms. The number of aryl methyl sites for hydroxylation is 1. The summed E-state index contributed by atoms with van der Waals surface area (Å²) < 4.78 is 11.6. The number of nitrogens with one attached hydrogen (secondary N) is 2. The molecular weight excluding hydrogens is 489 g/mol. The molecule has 0 radical (unpaired) electrons. The van der Waals surface area contributed by atoms with Crippen LogP contribution in [-0.2, 0) is 16.2 Å². The fourth-order valence-electron chi connectivity index (χ4n) is 3.06. The van der Waals surface area contributed by atoms with Gasteiger partial charge in [-0.15, -0.1) is 0 Å². The lowest BCUT2D eigenvalue weighted by molar-refractivity contribution is -0.126. The zero-order chi connectivity index (χ0) is 25.2. The minimum atomic E-state index is -0.530. The largest absolute Gasteiger partial charge is 0.490 e. The van der Waals surface area contributed by atoms with Crippen LogP contribution in [0.5, 0.6) is 11.5 Å². The Labute approximate surface area is 214 Å². The van der Waals surface area contributed by atoms with E-state index in [0.717, 1.165) is 11.1 Å². The van der Waals surface area contributed by atoms with Crippen LogP contribution in [0.2, 0.25) is 10.0 Å². The molecule has 3 rings (SSSR count). The van der Waals surface area contributed by atoms with Gasteiger partial charge in [-0.3, -0.25) is 9.59 Å². The van der Waals surface area contributed by atoms with Crippen LogP contribution in [-0.4, -0.2) is 24.6 Å². The molecule has 0 atom stereocenters. The molecule has 0 heterocycles. The molecule has 0 unspecified atom stereocenters. The predicted octanol–water partition coefficient (Wildman–Crippen LogP) is 5.76. The minimum Gasteiger partial charge on any atom is -0.490 e. The Kier molecular flexibility index (Phi) is 9.52. The van der Waals surface area contributed by atoms with Gasteiger partial charge < -0.3 is 14.8 Å². The summed E-state index contributed by atoms with van der Waals surface area (Å²) in [5.41, 5.74) is 5.40. The van der Waals surface area contributed by atoms with Crippen LogP contribution in [0.1, 0.15) is 30.0 Å². The van der Waals surface area contributed by atoms with Crippen molar-refractivity contribution in [1.29, 1.82) is 0 Å². The number of hydrogen-bond donors (Lipinski definition) is 2. The lowest BCUT2D eigenvalue weighted by Gasteiger charge is -2.13. The Hall–Kier alpha value is -3.55. The zero-order valence-corrected chi connectivity index (χ0v) is 20.8. The summed E-state index contributed by atoms with van der Waals surface area (Å²) in [7, 11) is 0. The maximum atomic E-state index is 12.1. The topological polar surface area (TPSA) is 89.0 Å². The van der Waals surface area contributed by atoms with Crippen molar-refractivity contribution in [3.05, 3.63) is 87.4 Å². The van der Waals surface area contributed by atoms with Crippen molar-refractivity contribution >= 4 is 46.9 Å². The van der Waals surface area contributed by atoms with Crippen molar-refractivity contribution in [3.63, 3.8) is 0 Å². The van der Waals surface area contributed by atoms with E-state index in [-0.39, 0.29) is 13.0 Å². The first-order valence-corrected chi connectivity index (χ1v) is 11.6. The van der Waals surface area contributed by atoms with Crippen LogP contribution in [0.15, 0.2) is 65.8 Å².